The van der Waals surface area contributed by atoms with E-state index in [4.69, 9.17) is 18.9 Å². The predicted octanol–water partition coefficient (Wildman–Crippen LogP) is 5.50. The minimum Gasteiger partial charge on any atom is -0.497 e. The third-order valence-electron chi connectivity index (χ3n) is 8.34. The van der Waals surface area contributed by atoms with Crippen LogP contribution in [0, 0.1) is 5.92 Å². The first-order chi connectivity index (χ1) is 22.6. The molecular formula is C36H40N4O7. The fourth-order valence-corrected chi connectivity index (χ4v) is 6.05. The van der Waals surface area contributed by atoms with E-state index in [1.807, 2.05) is 50.2 Å². The summed E-state index contributed by atoms with van der Waals surface area (Å²) in [6.07, 6.45) is 2.71. The molecule has 0 radical (unpaired) electrons. The van der Waals surface area contributed by atoms with E-state index < -0.39 is 12.1 Å². The molecule has 0 saturated heterocycles. The van der Waals surface area contributed by atoms with Gasteiger partial charge in [-0.05, 0) is 71.8 Å². The van der Waals surface area contributed by atoms with Crippen LogP contribution in [0.2, 0.25) is 0 Å². The van der Waals surface area contributed by atoms with Crippen molar-refractivity contribution in [1.82, 2.24) is 10.3 Å². The summed E-state index contributed by atoms with van der Waals surface area (Å²) in [5, 5.41) is 10.0. The maximum absolute atomic E-state index is 13.9. The number of hydrogen-bond donors (Lipinski definition) is 3. The molecule has 1 aliphatic carbocycles. The van der Waals surface area contributed by atoms with Gasteiger partial charge in [-0.25, -0.2) is 0 Å². The molecule has 2 atom stereocenters. The molecule has 11 heteroatoms. The van der Waals surface area contributed by atoms with Crippen molar-refractivity contribution in [1.29, 1.82) is 0 Å². The van der Waals surface area contributed by atoms with Crippen LogP contribution >= 0.6 is 0 Å². The number of hydrogen-bond acceptors (Lipinski definition) is 9. The van der Waals surface area contributed by atoms with Crippen LogP contribution < -0.4 is 40.3 Å². The van der Waals surface area contributed by atoms with Crippen molar-refractivity contribution >= 4 is 34.1 Å². The molecule has 0 unspecified atom stereocenters. The van der Waals surface area contributed by atoms with Crippen LogP contribution in [0.1, 0.15) is 44.4 Å². The lowest BCUT2D eigenvalue weighted by atomic mass is 9.95. The molecule has 1 aliphatic rings. The van der Waals surface area contributed by atoms with Crippen LogP contribution in [0.15, 0.2) is 59.5 Å². The van der Waals surface area contributed by atoms with Gasteiger partial charge in [-0.3, -0.25) is 19.4 Å². The highest BCUT2D eigenvalue weighted by Crippen LogP contribution is 2.50. The molecule has 0 spiro atoms. The number of ether oxygens (including phenoxy) is 4. The number of amides is 2. The summed E-state index contributed by atoms with van der Waals surface area (Å²) in [6.45, 7) is 5.25. The normalized spacial score (nSPS) is 14.3. The summed E-state index contributed by atoms with van der Waals surface area (Å²) >= 11 is 0. The number of aromatic nitrogens is 1. The van der Waals surface area contributed by atoms with Gasteiger partial charge in [0, 0.05) is 23.9 Å². The van der Waals surface area contributed by atoms with Gasteiger partial charge in [0.15, 0.2) is 11.5 Å². The molecule has 1 aromatic heterocycles. The Morgan fingerprint density at radius 2 is 1.68 bits per heavy atom. The largest absolute Gasteiger partial charge is 0.497 e. The third-order valence-corrected chi connectivity index (χ3v) is 8.34. The Hall–Kier alpha value is -5.32. The van der Waals surface area contributed by atoms with Crippen LogP contribution in [0.25, 0.3) is 22.0 Å². The van der Waals surface area contributed by atoms with Crippen molar-refractivity contribution in [3.05, 3.63) is 76.1 Å². The lowest BCUT2D eigenvalue weighted by Crippen LogP contribution is -2.40. The number of nitrogens with zero attached hydrogens (tertiary/aromatic N) is 1. The molecule has 5 rings (SSSR count). The Labute approximate surface area is 273 Å². The topological polar surface area (TPSA) is 137 Å². The van der Waals surface area contributed by atoms with E-state index in [1.54, 1.807) is 33.6 Å². The smallest absolute Gasteiger partial charge is 0.247 e. The Kier molecular flexibility index (Phi) is 9.83. The molecule has 1 heterocycles. The van der Waals surface area contributed by atoms with Gasteiger partial charge >= 0.3 is 0 Å². The lowest BCUT2D eigenvalue weighted by molar-refractivity contribution is -0.120. The van der Waals surface area contributed by atoms with Gasteiger partial charge in [-0.1, -0.05) is 19.9 Å². The van der Waals surface area contributed by atoms with Crippen molar-refractivity contribution in [2.75, 3.05) is 39.1 Å². The predicted molar refractivity (Wildman–Crippen MR) is 182 cm³/mol. The lowest BCUT2D eigenvalue weighted by Gasteiger charge is -2.22. The zero-order chi connectivity index (χ0) is 33.8. The first-order valence-electron chi connectivity index (χ1n) is 15.4. The molecular weight excluding hydrogens is 600 g/mol. The van der Waals surface area contributed by atoms with Crippen LogP contribution in [0.3, 0.4) is 0 Å². The minimum atomic E-state index is -0.756. The zero-order valence-corrected chi connectivity index (χ0v) is 27.6. The summed E-state index contributed by atoms with van der Waals surface area (Å²) in [7, 11) is 6.24. The molecule has 0 fully saturated rings. The number of aryl methyl sites for hydroxylation is 1. The molecule has 0 aliphatic heterocycles. The number of anilines is 2. The van der Waals surface area contributed by atoms with Gasteiger partial charge in [0.2, 0.25) is 23.0 Å². The summed E-state index contributed by atoms with van der Waals surface area (Å²) in [4.78, 5) is 44.2. The second kappa shape index (κ2) is 14.0. The highest BCUT2D eigenvalue weighted by molar-refractivity contribution is 5.98. The SMILES string of the molecule is COc1ccc2cc(NC(=O)[C@@H](Nc3ccc4c(cc3=O)[C@@H](NC(C)=O)CCc3cc(OC)c(OC)c(OC)c3-4)C(C)C)cnc2c1. The van der Waals surface area contributed by atoms with E-state index in [9.17, 15) is 14.4 Å². The van der Waals surface area contributed by atoms with Crippen LogP contribution in [-0.4, -0.2) is 51.3 Å². The quantitative estimate of drug-likeness (QED) is 0.205. The molecule has 11 nitrogen and oxygen atoms in total. The monoisotopic (exact) mass is 640 g/mol. The van der Waals surface area contributed by atoms with Crippen molar-refractivity contribution in [2.24, 2.45) is 5.92 Å². The highest BCUT2D eigenvalue weighted by Gasteiger charge is 2.30. The maximum atomic E-state index is 13.9. The fraction of sp³-hybridized carbons (Fsp3) is 0.333. The number of rotatable bonds is 10. The van der Waals surface area contributed by atoms with E-state index in [-0.39, 0.29) is 28.8 Å². The van der Waals surface area contributed by atoms with E-state index in [2.05, 4.69) is 20.9 Å². The summed E-state index contributed by atoms with van der Waals surface area (Å²) in [6, 6.07) is 13.1. The van der Waals surface area contributed by atoms with Crippen LogP contribution in [-0.2, 0) is 16.0 Å². The second-order valence-corrected chi connectivity index (χ2v) is 11.7. The average Bonchev–Trinajstić information content (AvgIpc) is 3.29. The number of carbonyl (C=O) groups is 2. The zero-order valence-electron chi connectivity index (χ0n) is 27.6. The van der Waals surface area contributed by atoms with Gasteiger partial charge in [0.05, 0.1) is 57.6 Å². The van der Waals surface area contributed by atoms with Crippen molar-refractivity contribution in [3.8, 4) is 34.1 Å². The number of fused-ring (bicyclic) bond motifs is 4. The molecule has 0 saturated carbocycles. The van der Waals surface area contributed by atoms with Crippen LogP contribution in [0.5, 0.6) is 23.0 Å². The second-order valence-electron chi connectivity index (χ2n) is 11.7. The number of methoxy groups -OCH3 is 4. The molecule has 246 valence electrons. The Bertz CT molecular complexity index is 1890. The Morgan fingerprint density at radius 3 is 2.34 bits per heavy atom. The number of pyridine rings is 1. The van der Waals surface area contributed by atoms with Crippen molar-refractivity contribution in [3.63, 3.8) is 0 Å². The Morgan fingerprint density at radius 1 is 0.915 bits per heavy atom. The molecule has 2 amide bonds. The molecule has 3 N–H and O–H groups in total. The first-order valence-corrected chi connectivity index (χ1v) is 15.4. The van der Waals surface area contributed by atoms with Crippen molar-refractivity contribution in [2.45, 2.75) is 45.7 Å². The van der Waals surface area contributed by atoms with Crippen LogP contribution in [0.4, 0.5) is 11.4 Å². The van der Waals surface area contributed by atoms with E-state index in [1.165, 1.54) is 20.1 Å². The highest BCUT2D eigenvalue weighted by atomic mass is 16.5. The van der Waals surface area contributed by atoms with Gasteiger partial charge in [0.25, 0.3) is 0 Å². The average molecular weight is 641 g/mol. The number of carbonyl (C=O) groups excluding carboxylic acids is 2. The fourth-order valence-electron chi connectivity index (χ4n) is 6.05. The standard InChI is InChI=1S/C36H40N4O7/c1-19(2)33(36(43)39-23-14-21-8-10-24(44-4)16-29(21)37-18-23)40-28-13-11-25-26(17-30(28)42)27(38-20(3)41)12-9-22-15-31(45-5)34(46-6)35(47-7)32(22)25/h8,10-11,13-19,27,33H,9,12H2,1-7H3,(H,38,41)(H,39,43)(H,40,42)/t27-,33-/m0/s1. The van der Waals surface area contributed by atoms with E-state index in [0.717, 1.165) is 22.0 Å². The molecule has 3 aromatic carbocycles. The number of benzene rings is 2. The molecule has 47 heavy (non-hydrogen) atoms. The summed E-state index contributed by atoms with van der Waals surface area (Å²) < 4.78 is 22.4. The van der Waals surface area contributed by atoms with Gasteiger partial charge in [-0.2, -0.15) is 0 Å². The number of nitrogens with one attached hydrogen (secondary N) is 3. The van der Waals surface area contributed by atoms with Crippen molar-refractivity contribution < 1.29 is 28.5 Å². The molecule has 4 aromatic rings. The van der Waals surface area contributed by atoms with E-state index >= 15 is 0 Å². The summed E-state index contributed by atoms with van der Waals surface area (Å²) in [5.74, 6) is 1.37. The summed E-state index contributed by atoms with van der Waals surface area (Å²) in [5.41, 5.74) is 4.16. The molecule has 0 bridgehead atoms. The van der Waals surface area contributed by atoms with E-state index in [0.29, 0.717) is 52.7 Å². The van der Waals surface area contributed by atoms with Gasteiger partial charge in [0.1, 0.15) is 11.8 Å². The van der Waals surface area contributed by atoms with Gasteiger partial charge < -0.3 is 34.9 Å². The third kappa shape index (κ3) is 6.79. The minimum absolute atomic E-state index is 0.180. The first kappa shape index (κ1) is 33.1. The Balaban J connectivity index is 1.55. The van der Waals surface area contributed by atoms with Gasteiger partial charge in [-0.15, -0.1) is 0 Å². The maximum Gasteiger partial charge on any atom is 0.247 e.